The molecule has 30 aromatic rings. The largest absolute Gasteiger partial charge is 0.0622 e. The summed E-state index contributed by atoms with van der Waals surface area (Å²) in [5, 5.41) is 89.6. The van der Waals surface area contributed by atoms with E-state index in [-0.39, 0.29) is 5.92 Å². The predicted molar refractivity (Wildman–Crippen MR) is 306 cm³/mol. The molecule has 0 spiro atoms. The van der Waals surface area contributed by atoms with E-state index in [2.05, 4.69) is 54.6 Å². The summed E-state index contributed by atoms with van der Waals surface area (Å²) in [5.74, 6) is 0.188. The maximum absolute atomic E-state index is 2.66. The average Bonchev–Trinajstić information content (AvgIpc) is 4.37. The van der Waals surface area contributed by atoms with E-state index in [0.717, 1.165) is 0 Å². The molecular formula is C72H10. The van der Waals surface area contributed by atoms with Gasteiger partial charge < -0.3 is 0 Å². The Hall–Kier alpha value is -9.10. The number of hydrogen-bond donors (Lipinski definition) is 0. The van der Waals surface area contributed by atoms with Crippen LogP contribution >= 0.6 is 0 Å². The Morgan fingerprint density at radius 1 is 0.194 bits per heavy atom. The van der Waals surface area contributed by atoms with Gasteiger partial charge in [0.05, 0.1) is 5.41 Å². The molecule has 0 nitrogen and oxygen atoms in total. The summed E-state index contributed by atoms with van der Waals surface area (Å²) in [4.78, 5) is 0. The fraction of sp³-hybridized carbons (Fsp3) is 0.0278. The molecule has 0 heterocycles. The van der Waals surface area contributed by atoms with Crippen LogP contribution in [0.5, 0.6) is 0 Å². The molecule has 0 aromatic heterocycles. The molecule has 0 unspecified atom stereocenters. The van der Waals surface area contributed by atoms with Gasteiger partial charge in [-0.2, -0.15) is 0 Å². The minimum absolute atomic E-state index is 0.188. The Bertz CT molecular complexity index is 7390. The first-order chi connectivity index (χ1) is 36.0. The van der Waals surface area contributed by atoms with Crippen LogP contribution in [0.1, 0.15) is 33.7 Å². The average molecular weight is 875 g/mol. The van der Waals surface area contributed by atoms with Crippen LogP contribution in [0.15, 0.2) is 54.6 Å². The zero-order chi connectivity index (χ0) is 42.7. The van der Waals surface area contributed by atoms with E-state index in [1.54, 1.807) is 319 Å². The number of rotatable bonds is 2. The van der Waals surface area contributed by atoms with Crippen LogP contribution in [0.4, 0.5) is 0 Å². The first-order valence-electron chi connectivity index (χ1n) is 26.9. The highest BCUT2D eigenvalue weighted by atomic mass is 14.6. The van der Waals surface area contributed by atoms with E-state index in [1.807, 2.05) is 0 Å². The molecule has 0 radical (unpaired) electrons. The van der Waals surface area contributed by atoms with Crippen LogP contribution in [0, 0.1) is 0 Å². The van der Waals surface area contributed by atoms with Gasteiger partial charge in [0.25, 0.3) is 0 Å². The first kappa shape index (κ1) is 26.8. The highest BCUT2D eigenvalue weighted by Gasteiger charge is 2.64. The van der Waals surface area contributed by atoms with Crippen LogP contribution in [-0.2, 0) is 5.41 Å². The van der Waals surface area contributed by atoms with Gasteiger partial charge in [-0.3, -0.25) is 0 Å². The molecule has 4 aliphatic carbocycles. The summed E-state index contributed by atoms with van der Waals surface area (Å²) in [7, 11) is 0. The fourth-order valence-electron chi connectivity index (χ4n) is 25.3. The van der Waals surface area contributed by atoms with Crippen LogP contribution in [-0.4, -0.2) is 0 Å². The van der Waals surface area contributed by atoms with Gasteiger partial charge in [-0.1, -0.05) is 54.6 Å². The summed E-state index contributed by atoms with van der Waals surface area (Å²) in [6, 6.07) is 21.6. The van der Waals surface area contributed by atoms with Crippen molar-refractivity contribution in [1.82, 2.24) is 0 Å². The maximum Gasteiger partial charge on any atom is 0.0592 e. The van der Waals surface area contributed by atoms with E-state index >= 15 is 0 Å². The smallest absolute Gasteiger partial charge is 0.0592 e. The summed E-state index contributed by atoms with van der Waals surface area (Å²) in [5.41, 5.74) is 10.8. The summed E-state index contributed by atoms with van der Waals surface area (Å²) in [6.45, 7) is 0. The molecule has 0 saturated carbocycles. The topological polar surface area (TPSA) is 0 Å². The zero-order valence-corrected chi connectivity index (χ0v) is 36.8. The van der Waals surface area contributed by atoms with Crippen molar-refractivity contribution in [2.24, 2.45) is 0 Å². The van der Waals surface area contributed by atoms with Crippen molar-refractivity contribution >= 4 is 291 Å². The van der Waals surface area contributed by atoms with Gasteiger partial charge in [-0.05, 0) is 330 Å². The van der Waals surface area contributed by atoms with Crippen LogP contribution < -0.4 is 0 Å². The second-order valence-electron chi connectivity index (χ2n) is 26.0. The van der Waals surface area contributed by atoms with E-state index < -0.39 is 5.41 Å². The monoisotopic (exact) mass is 874 g/mol. The van der Waals surface area contributed by atoms with Crippen molar-refractivity contribution in [3.8, 4) is 11.1 Å². The summed E-state index contributed by atoms with van der Waals surface area (Å²) < 4.78 is 0. The predicted octanol–water partition coefficient (Wildman–Crippen LogP) is 19.9. The highest BCUT2D eigenvalue weighted by molar-refractivity contribution is 6.82. The van der Waals surface area contributed by atoms with Crippen molar-refractivity contribution in [2.75, 3.05) is 0 Å². The van der Waals surface area contributed by atoms with Crippen LogP contribution in [0.2, 0.25) is 0 Å². The lowest BCUT2D eigenvalue weighted by molar-refractivity contribution is 0.568. The van der Waals surface area contributed by atoms with E-state index in [9.17, 15) is 0 Å². The minimum Gasteiger partial charge on any atom is -0.0622 e. The van der Waals surface area contributed by atoms with E-state index in [1.165, 1.54) is 11.1 Å². The van der Waals surface area contributed by atoms with Crippen molar-refractivity contribution in [3.05, 3.63) is 82.4 Å². The fourth-order valence-corrected chi connectivity index (χ4v) is 25.3. The van der Waals surface area contributed by atoms with Crippen molar-refractivity contribution in [2.45, 2.75) is 11.3 Å². The zero-order valence-electron chi connectivity index (χ0n) is 36.8. The third-order valence-electron chi connectivity index (χ3n) is 25.6. The molecule has 4 aliphatic rings. The minimum atomic E-state index is -0.405. The third kappa shape index (κ3) is 1.47. The normalized spacial score (nSPS) is 20.4. The van der Waals surface area contributed by atoms with Gasteiger partial charge in [0, 0.05) is 5.92 Å². The van der Waals surface area contributed by atoms with Gasteiger partial charge in [0.15, 0.2) is 0 Å². The molecule has 0 fully saturated rings. The van der Waals surface area contributed by atoms with Gasteiger partial charge in [0.1, 0.15) is 0 Å². The molecule has 30 aromatic carbocycles. The standard InChI is InChI=1S/C72H10/c1-2-6-10(7-3-1)11-8-4-5-9-12(11)72-69-65-59-45-37-29-17-14-13-15-18(17)30-32-28-22(15)24-20-16(13)19-23-21(14)27-31(29)43(45)51-49-35(27)33(23)41-39-25(19)26(20)40-42-34(24)36(28)50-52-44(32)46(38(30)37)60(59)66(69)62(52)64-56(50)54(42)58-48(40)47(39)57-53(41)55(49)63(61(51)65)70(72)67(57)68(58)71(64)72/h1-9,69H. The SMILES string of the molecule is c1ccc(-c2ccccc2C23c4c5c6c7c8c9c(c%10c%11c2c2c4c4c%12c5c5c6c6c8c8c%13c9c9c%10c%10c%11c%11c2c2c4c4c%12c%12c5c5c6c8c6c8c%13c9c9c%10c%10c%11c2c2c4c4c%12c5c6c5c8c9c%10c2c45)C73)cc1. The lowest BCUT2D eigenvalue weighted by Gasteiger charge is -2.46. The van der Waals surface area contributed by atoms with Gasteiger partial charge in [-0.25, -0.2) is 0 Å². The molecule has 0 heteroatoms. The molecule has 0 bridgehead atoms. The molecular weight excluding hydrogens is 865 g/mol. The second-order valence-corrected chi connectivity index (χ2v) is 26.0. The van der Waals surface area contributed by atoms with Crippen molar-refractivity contribution < 1.29 is 0 Å². The Kier molecular flexibility index (Phi) is 2.32. The first-order valence-corrected chi connectivity index (χ1v) is 26.9. The van der Waals surface area contributed by atoms with Gasteiger partial charge >= 0.3 is 0 Å². The molecule has 298 valence electrons. The molecule has 0 aliphatic heterocycles. The molecule has 0 atom stereocenters. The quantitative estimate of drug-likeness (QED) is 0.152. The van der Waals surface area contributed by atoms with Crippen LogP contribution in [0.25, 0.3) is 302 Å². The Morgan fingerprint density at radius 2 is 0.403 bits per heavy atom. The molecule has 0 amide bonds. The highest BCUT2D eigenvalue weighted by Crippen LogP contribution is 2.84. The molecule has 0 saturated heterocycles. The number of benzene rings is 20. The van der Waals surface area contributed by atoms with Crippen molar-refractivity contribution in [3.63, 3.8) is 0 Å². The van der Waals surface area contributed by atoms with E-state index in [4.69, 9.17) is 0 Å². The summed E-state index contributed by atoms with van der Waals surface area (Å²) >= 11 is 0. The molecule has 72 heavy (non-hydrogen) atoms. The molecule has 0 N–H and O–H groups in total. The lowest BCUT2D eigenvalue weighted by Crippen LogP contribution is -2.38. The van der Waals surface area contributed by atoms with Crippen LogP contribution in [0.3, 0.4) is 0 Å². The van der Waals surface area contributed by atoms with Gasteiger partial charge in [-0.15, -0.1) is 0 Å². The second kappa shape index (κ2) is 6.23. The molecule has 34 rings (SSSR count). The van der Waals surface area contributed by atoms with Crippen molar-refractivity contribution in [1.29, 1.82) is 0 Å². The maximum atomic E-state index is 2.66. The van der Waals surface area contributed by atoms with Gasteiger partial charge in [0.2, 0.25) is 0 Å². The lowest BCUT2D eigenvalue weighted by atomic mass is 9.54. The third-order valence-corrected chi connectivity index (χ3v) is 25.6. The Morgan fingerprint density at radius 3 is 0.694 bits per heavy atom. The number of hydrogen-bond acceptors (Lipinski definition) is 0. The Labute approximate surface area is 393 Å². The Balaban J connectivity index is 1.16. The summed E-state index contributed by atoms with van der Waals surface area (Å²) in [6.07, 6.45) is 0. The van der Waals surface area contributed by atoms with E-state index in [0.29, 0.717) is 0 Å².